The Morgan fingerprint density at radius 2 is 1.78 bits per heavy atom. The molecule has 1 aromatic heterocycles. The molecule has 112 valence electrons. The molecule has 0 atom stereocenters. The lowest BCUT2D eigenvalue weighted by atomic mass is 10.2. The van der Waals surface area contributed by atoms with Crippen LogP contribution in [-0.4, -0.2) is 9.97 Å². The number of ether oxygens (including phenoxy) is 1. The molecule has 0 aliphatic rings. The molecule has 6 heteroatoms. The van der Waals surface area contributed by atoms with E-state index in [1.807, 2.05) is 6.07 Å². The van der Waals surface area contributed by atoms with Gasteiger partial charge in [-0.3, -0.25) is 0 Å². The van der Waals surface area contributed by atoms with Crippen LogP contribution in [0, 0.1) is 17.1 Å². The van der Waals surface area contributed by atoms with Gasteiger partial charge in [-0.25, -0.2) is 14.4 Å². The summed E-state index contributed by atoms with van der Waals surface area (Å²) in [7, 11) is 0. The minimum absolute atomic E-state index is 0.0345. The predicted octanol–water partition coefficient (Wildman–Crippen LogP) is 4.02. The SMILES string of the molecule is N#Cc1cccc(Nc2ncccn2)c1Oc1ccccc1F. The van der Waals surface area contributed by atoms with Crippen molar-refractivity contribution in [3.05, 3.63) is 72.3 Å². The number of anilines is 2. The van der Waals surface area contributed by atoms with Crippen LogP contribution in [0.1, 0.15) is 5.56 Å². The molecule has 0 unspecified atom stereocenters. The van der Waals surface area contributed by atoms with Gasteiger partial charge < -0.3 is 10.1 Å². The summed E-state index contributed by atoms with van der Waals surface area (Å²) in [5.74, 6) is 0.0860. The second-order valence-corrected chi connectivity index (χ2v) is 4.52. The van der Waals surface area contributed by atoms with Crippen LogP contribution >= 0.6 is 0 Å². The van der Waals surface area contributed by atoms with E-state index < -0.39 is 5.82 Å². The number of rotatable bonds is 4. The molecule has 3 rings (SSSR count). The van der Waals surface area contributed by atoms with Crippen LogP contribution in [-0.2, 0) is 0 Å². The van der Waals surface area contributed by atoms with Gasteiger partial charge in [-0.15, -0.1) is 0 Å². The van der Waals surface area contributed by atoms with E-state index >= 15 is 0 Å². The second-order valence-electron chi connectivity index (χ2n) is 4.52. The average Bonchev–Trinajstić information content (AvgIpc) is 2.59. The van der Waals surface area contributed by atoms with E-state index in [-0.39, 0.29) is 17.1 Å². The molecular weight excluding hydrogens is 295 g/mol. The first kappa shape index (κ1) is 14.5. The molecule has 0 aliphatic carbocycles. The molecule has 0 aliphatic heterocycles. The molecule has 1 N–H and O–H groups in total. The van der Waals surface area contributed by atoms with Gasteiger partial charge in [0.15, 0.2) is 17.3 Å². The van der Waals surface area contributed by atoms with Gasteiger partial charge in [0.1, 0.15) is 6.07 Å². The highest BCUT2D eigenvalue weighted by Gasteiger charge is 2.14. The van der Waals surface area contributed by atoms with Gasteiger partial charge in [0.05, 0.1) is 11.3 Å². The highest BCUT2D eigenvalue weighted by Crippen LogP contribution is 2.35. The monoisotopic (exact) mass is 306 g/mol. The van der Waals surface area contributed by atoms with Gasteiger partial charge in [0.25, 0.3) is 0 Å². The van der Waals surface area contributed by atoms with E-state index in [0.717, 1.165) is 0 Å². The van der Waals surface area contributed by atoms with E-state index in [1.165, 1.54) is 12.1 Å². The molecule has 0 amide bonds. The van der Waals surface area contributed by atoms with E-state index in [1.54, 1.807) is 48.8 Å². The van der Waals surface area contributed by atoms with Crippen LogP contribution in [0.3, 0.4) is 0 Å². The quantitative estimate of drug-likeness (QED) is 0.788. The highest BCUT2D eigenvalue weighted by atomic mass is 19.1. The number of nitrogens with one attached hydrogen (secondary N) is 1. The maximum atomic E-state index is 13.8. The van der Waals surface area contributed by atoms with Gasteiger partial charge in [0, 0.05) is 12.4 Å². The molecular formula is C17H11FN4O. The van der Waals surface area contributed by atoms with Crippen molar-refractivity contribution in [3.63, 3.8) is 0 Å². The number of nitriles is 1. The molecule has 23 heavy (non-hydrogen) atoms. The molecule has 0 saturated carbocycles. The number of aromatic nitrogens is 2. The van der Waals surface area contributed by atoms with E-state index in [0.29, 0.717) is 11.6 Å². The largest absolute Gasteiger partial charge is 0.451 e. The number of hydrogen-bond acceptors (Lipinski definition) is 5. The van der Waals surface area contributed by atoms with Gasteiger partial charge in [-0.1, -0.05) is 18.2 Å². The topological polar surface area (TPSA) is 70.8 Å². The van der Waals surface area contributed by atoms with Crippen LogP contribution < -0.4 is 10.1 Å². The fourth-order valence-electron chi connectivity index (χ4n) is 1.96. The zero-order chi connectivity index (χ0) is 16.1. The smallest absolute Gasteiger partial charge is 0.227 e. The number of para-hydroxylation sites is 2. The van der Waals surface area contributed by atoms with E-state index in [2.05, 4.69) is 15.3 Å². The Balaban J connectivity index is 2.01. The van der Waals surface area contributed by atoms with Gasteiger partial charge in [0.2, 0.25) is 5.95 Å². The highest BCUT2D eigenvalue weighted by molar-refractivity contribution is 5.68. The van der Waals surface area contributed by atoms with Crippen molar-refractivity contribution < 1.29 is 9.13 Å². The lowest BCUT2D eigenvalue weighted by Gasteiger charge is -2.13. The minimum atomic E-state index is -0.512. The summed E-state index contributed by atoms with van der Waals surface area (Å²) < 4.78 is 19.4. The van der Waals surface area contributed by atoms with Crippen molar-refractivity contribution in [3.8, 4) is 17.6 Å². The van der Waals surface area contributed by atoms with E-state index in [9.17, 15) is 9.65 Å². The third-order valence-corrected chi connectivity index (χ3v) is 3.00. The Hall–Kier alpha value is -3.46. The Morgan fingerprint density at radius 1 is 1.00 bits per heavy atom. The van der Waals surface area contributed by atoms with Crippen molar-refractivity contribution in [2.45, 2.75) is 0 Å². The molecule has 0 saturated heterocycles. The summed E-state index contributed by atoms with van der Waals surface area (Å²) in [6.45, 7) is 0. The zero-order valence-corrected chi connectivity index (χ0v) is 11.9. The van der Waals surface area contributed by atoms with E-state index in [4.69, 9.17) is 4.74 Å². The lowest BCUT2D eigenvalue weighted by Crippen LogP contribution is -2.00. The van der Waals surface area contributed by atoms with Crippen LogP contribution in [0.25, 0.3) is 0 Å². The molecule has 2 aromatic carbocycles. The first-order valence-corrected chi connectivity index (χ1v) is 6.77. The van der Waals surface area contributed by atoms with Gasteiger partial charge in [-0.2, -0.15) is 5.26 Å². The van der Waals surface area contributed by atoms with Crippen molar-refractivity contribution in [1.82, 2.24) is 9.97 Å². The minimum Gasteiger partial charge on any atom is -0.451 e. The third-order valence-electron chi connectivity index (χ3n) is 3.00. The number of hydrogen-bond donors (Lipinski definition) is 1. The summed E-state index contributed by atoms with van der Waals surface area (Å²) in [6.07, 6.45) is 3.17. The fraction of sp³-hybridized carbons (Fsp3) is 0. The maximum Gasteiger partial charge on any atom is 0.227 e. The Morgan fingerprint density at radius 3 is 2.52 bits per heavy atom. The summed E-state index contributed by atoms with van der Waals surface area (Å²) >= 11 is 0. The number of halogens is 1. The van der Waals surface area contributed by atoms with Crippen molar-refractivity contribution in [2.24, 2.45) is 0 Å². The molecule has 0 bridgehead atoms. The van der Waals surface area contributed by atoms with Crippen LogP contribution in [0.2, 0.25) is 0 Å². The first-order chi connectivity index (χ1) is 11.3. The third kappa shape index (κ3) is 3.24. The summed E-state index contributed by atoms with van der Waals surface area (Å²) in [5, 5.41) is 12.2. The van der Waals surface area contributed by atoms with Crippen molar-refractivity contribution in [2.75, 3.05) is 5.32 Å². The molecule has 0 radical (unpaired) electrons. The molecule has 5 nitrogen and oxygen atoms in total. The average molecular weight is 306 g/mol. The molecule has 0 spiro atoms. The normalized spacial score (nSPS) is 9.91. The Labute approximate surface area is 132 Å². The summed E-state index contributed by atoms with van der Waals surface area (Å²) in [6, 6.07) is 14.7. The summed E-state index contributed by atoms with van der Waals surface area (Å²) in [4.78, 5) is 8.12. The number of nitrogens with zero attached hydrogens (tertiary/aromatic N) is 3. The van der Waals surface area contributed by atoms with Gasteiger partial charge in [-0.05, 0) is 30.3 Å². The molecule has 3 aromatic rings. The second kappa shape index (κ2) is 6.54. The summed E-state index contributed by atoms with van der Waals surface area (Å²) in [5.41, 5.74) is 0.743. The van der Waals surface area contributed by atoms with Crippen LogP contribution in [0.4, 0.5) is 16.0 Å². The standard InChI is InChI=1S/C17H11FN4O/c18-13-6-1-2-8-15(13)23-16-12(11-19)5-3-7-14(16)22-17-20-9-4-10-21-17/h1-10H,(H,20,21,22). The molecule has 1 heterocycles. The zero-order valence-electron chi connectivity index (χ0n) is 11.9. The maximum absolute atomic E-state index is 13.8. The number of benzene rings is 2. The first-order valence-electron chi connectivity index (χ1n) is 6.77. The Kier molecular flexibility index (Phi) is 4.11. The Bertz CT molecular complexity index is 862. The van der Waals surface area contributed by atoms with Crippen molar-refractivity contribution >= 4 is 11.6 Å². The van der Waals surface area contributed by atoms with Crippen LogP contribution in [0.5, 0.6) is 11.5 Å². The molecule has 0 fully saturated rings. The predicted molar refractivity (Wildman–Crippen MR) is 82.9 cm³/mol. The van der Waals surface area contributed by atoms with Gasteiger partial charge >= 0.3 is 0 Å². The fourth-order valence-corrected chi connectivity index (χ4v) is 1.96. The van der Waals surface area contributed by atoms with Crippen molar-refractivity contribution in [1.29, 1.82) is 5.26 Å². The lowest BCUT2D eigenvalue weighted by molar-refractivity contribution is 0.443. The van der Waals surface area contributed by atoms with Crippen LogP contribution in [0.15, 0.2) is 60.9 Å².